The summed E-state index contributed by atoms with van der Waals surface area (Å²) in [7, 11) is 0. The Morgan fingerprint density at radius 2 is 0.773 bits per heavy atom. The smallest absolute Gasteiger partial charge is 0.0541 e. The SMILES string of the molecule is c1ccc(-c2cccc(N(c3ccccc3)c3ccc(-c4ccc(-n5c6ccccc6c6ccccc65)cc4)cc3)c2)cc1. The van der Waals surface area contributed by atoms with Crippen LogP contribution in [-0.2, 0) is 0 Å². The molecule has 0 unspecified atom stereocenters. The van der Waals surface area contributed by atoms with Crippen LogP contribution in [-0.4, -0.2) is 4.57 Å². The molecule has 0 aliphatic heterocycles. The Kier molecular flexibility index (Phi) is 6.51. The molecular weight excluding hydrogens is 532 g/mol. The number of hydrogen-bond acceptors (Lipinski definition) is 1. The molecule has 0 radical (unpaired) electrons. The monoisotopic (exact) mass is 562 g/mol. The van der Waals surface area contributed by atoms with Gasteiger partial charge in [0.25, 0.3) is 0 Å². The van der Waals surface area contributed by atoms with Gasteiger partial charge in [-0.05, 0) is 82.9 Å². The Bertz CT molecular complexity index is 2140. The summed E-state index contributed by atoms with van der Waals surface area (Å²) in [5.41, 5.74) is 11.8. The Balaban J connectivity index is 1.14. The minimum atomic E-state index is 1.12. The molecular formula is C42H30N2. The van der Waals surface area contributed by atoms with Crippen molar-refractivity contribution < 1.29 is 0 Å². The van der Waals surface area contributed by atoms with Crippen LogP contribution in [0.1, 0.15) is 0 Å². The Morgan fingerprint density at radius 3 is 1.41 bits per heavy atom. The molecule has 1 aromatic heterocycles. The second-order valence-corrected chi connectivity index (χ2v) is 11.1. The maximum Gasteiger partial charge on any atom is 0.0541 e. The molecule has 0 fully saturated rings. The molecule has 0 bridgehead atoms. The molecule has 0 aliphatic rings. The van der Waals surface area contributed by atoms with Gasteiger partial charge in [0, 0.05) is 33.5 Å². The van der Waals surface area contributed by atoms with E-state index in [-0.39, 0.29) is 0 Å². The number of anilines is 3. The first kappa shape index (κ1) is 25.8. The highest BCUT2D eigenvalue weighted by Gasteiger charge is 2.14. The van der Waals surface area contributed by atoms with Gasteiger partial charge in [-0.15, -0.1) is 0 Å². The van der Waals surface area contributed by atoms with Crippen LogP contribution < -0.4 is 4.90 Å². The maximum atomic E-state index is 2.36. The minimum absolute atomic E-state index is 1.12. The van der Waals surface area contributed by atoms with E-state index in [2.05, 4.69) is 191 Å². The molecule has 2 heteroatoms. The molecule has 0 aliphatic carbocycles. The van der Waals surface area contributed by atoms with Gasteiger partial charge in [0.2, 0.25) is 0 Å². The summed E-state index contributed by atoms with van der Waals surface area (Å²) < 4.78 is 2.36. The van der Waals surface area contributed by atoms with Gasteiger partial charge in [0.1, 0.15) is 0 Å². The number of benzene rings is 7. The molecule has 0 spiro atoms. The molecule has 0 atom stereocenters. The topological polar surface area (TPSA) is 8.17 Å². The van der Waals surface area contributed by atoms with Gasteiger partial charge < -0.3 is 9.47 Å². The van der Waals surface area contributed by atoms with E-state index in [0.717, 1.165) is 22.7 Å². The highest BCUT2D eigenvalue weighted by molar-refractivity contribution is 6.09. The Labute approximate surface area is 257 Å². The van der Waals surface area contributed by atoms with Crippen LogP contribution in [0.15, 0.2) is 182 Å². The van der Waals surface area contributed by atoms with E-state index in [1.165, 1.54) is 44.1 Å². The summed E-state index contributed by atoms with van der Waals surface area (Å²) in [4.78, 5) is 2.32. The third-order valence-electron chi connectivity index (χ3n) is 8.39. The van der Waals surface area contributed by atoms with Crippen molar-refractivity contribution >= 4 is 38.9 Å². The van der Waals surface area contributed by atoms with Gasteiger partial charge in [-0.25, -0.2) is 0 Å². The van der Waals surface area contributed by atoms with Gasteiger partial charge in [-0.1, -0.05) is 121 Å². The van der Waals surface area contributed by atoms with Crippen LogP contribution in [0.2, 0.25) is 0 Å². The zero-order valence-corrected chi connectivity index (χ0v) is 24.2. The van der Waals surface area contributed by atoms with Crippen molar-refractivity contribution in [3.63, 3.8) is 0 Å². The van der Waals surface area contributed by atoms with E-state index >= 15 is 0 Å². The van der Waals surface area contributed by atoms with Crippen LogP contribution >= 0.6 is 0 Å². The van der Waals surface area contributed by atoms with Crippen LogP contribution in [0, 0.1) is 0 Å². The molecule has 2 nitrogen and oxygen atoms in total. The lowest BCUT2D eigenvalue weighted by Crippen LogP contribution is -2.09. The first-order chi connectivity index (χ1) is 21.8. The first-order valence-electron chi connectivity index (χ1n) is 15.0. The van der Waals surface area contributed by atoms with E-state index in [9.17, 15) is 0 Å². The molecule has 7 aromatic carbocycles. The lowest BCUT2D eigenvalue weighted by atomic mass is 10.0. The summed E-state index contributed by atoms with van der Waals surface area (Å²) in [5, 5.41) is 2.56. The zero-order chi connectivity index (χ0) is 29.3. The predicted octanol–water partition coefficient (Wildman–Crippen LogP) is 11.6. The van der Waals surface area contributed by atoms with Crippen molar-refractivity contribution in [2.24, 2.45) is 0 Å². The Hall–Kier alpha value is -5.86. The number of fused-ring (bicyclic) bond motifs is 3. The fourth-order valence-electron chi connectivity index (χ4n) is 6.29. The standard InChI is InChI=1S/C42H30N2/c1-3-12-31(13-4-1)34-14-11-17-38(30-34)43(35-15-5-2-6-16-35)36-26-22-32(23-27-36)33-24-28-37(29-25-33)44-41-20-9-7-18-39(41)40-19-8-10-21-42(40)44/h1-30H. The quantitative estimate of drug-likeness (QED) is 0.196. The molecule has 8 rings (SSSR count). The lowest BCUT2D eigenvalue weighted by Gasteiger charge is -2.26. The van der Waals surface area contributed by atoms with Gasteiger partial charge >= 0.3 is 0 Å². The number of hydrogen-bond donors (Lipinski definition) is 0. The fourth-order valence-corrected chi connectivity index (χ4v) is 6.29. The second kappa shape index (κ2) is 11.1. The molecule has 8 aromatic rings. The first-order valence-corrected chi connectivity index (χ1v) is 15.0. The second-order valence-electron chi connectivity index (χ2n) is 11.1. The summed E-state index contributed by atoms with van der Waals surface area (Å²) in [6.45, 7) is 0. The summed E-state index contributed by atoms with van der Waals surface area (Å²) in [6, 6.07) is 65.0. The summed E-state index contributed by atoms with van der Waals surface area (Å²) in [6.07, 6.45) is 0. The van der Waals surface area contributed by atoms with Gasteiger partial charge in [-0.3, -0.25) is 0 Å². The molecule has 0 saturated carbocycles. The van der Waals surface area contributed by atoms with Crippen LogP contribution in [0.4, 0.5) is 17.1 Å². The average Bonchev–Trinajstić information content (AvgIpc) is 3.44. The van der Waals surface area contributed by atoms with Gasteiger partial charge in [-0.2, -0.15) is 0 Å². The third-order valence-corrected chi connectivity index (χ3v) is 8.39. The minimum Gasteiger partial charge on any atom is -0.310 e. The highest BCUT2D eigenvalue weighted by Crippen LogP contribution is 2.38. The normalized spacial score (nSPS) is 11.2. The molecule has 0 amide bonds. The molecule has 1 heterocycles. The molecule has 208 valence electrons. The summed E-state index contributed by atoms with van der Waals surface area (Å²) >= 11 is 0. The van der Waals surface area contributed by atoms with Gasteiger partial charge in [0.05, 0.1) is 11.0 Å². The van der Waals surface area contributed by atoms with Crippen molar-refractivity contribution in [2.45, 2.75) is 0 Å². The van der Waals surface area contributed by atoms with Crippen molar-refractivity contribution in [2.75, 3.05) is 4.90 Å². The number of aromatic nitrogens is 1. The number of rotatable bonds is 6. The van der Waals surface area contributed by atoms with Crippen molar-refractivity contribution in [3.05, 3.63) is 182 Å². The van der Waals surface area contributed by atoms with E-state index < -0.39 is 0 Å². The average molecular weight is 563 g/mol. The Morgan fingerprint density at radius 1 is 0.318 bits per heavy atom. The largest absolute Gasteiger partial charge is 0.310 e. The van der Waals surface area contributed by atoms with Crippen LogP contribution in [0.25, 0.3) is 49.7 Å². The van der Waals surface area contributed by atoms with E-state index in [1.54, 1.807) is 0 Å². The summed E-state index contributed by atoms with van der Waals surface area (Å²) in [5.74, 6) is 0. The zero-order valence-electron chi connectivity index (χ0n) is 24.2. The van der Waals surface area contributed by atoms with Gasteiger partial charge in [0.15, 0.2) is 0 Å². The highest BCUT2D eigenvalue weighted by atomic mass is 15.1. The molecule has 0 N–H and O–H groups in total. The van der Waals surface area contributed by atoms with E-state index in [1.807, 2.05) is 0 Å². The third kappa shape index (κ3) is 4.63. The molecule has 44 heavy (non-hydrogen) atoms. The van der Waals surface area contributed by atoms with Crippen molar-refractivity contribution in [1.82, 2.24) is 4.57 Å². The number of para-hydroxylation sites is 3. The van der Waals surface area contributed by atoms with Crippen LogP contribution in [0.5, 0.6) is 0 Å². The maximum absolute atomic E-state index is 2.36. The fraction of sp³-hybridized carbons (Fsp3) is 0. The van der Waals surface area contributed by atoms with E-state index in [4.69, 9.17) is 0 Å². The van der Waals surface area contributed by atoms with E-state index in [0.29, 0.717) is 0 Å². The molecule has 0 saturated heterocycles. The number of nitrogens with zero attached hydrogens (tertiary/aromatic N) is 2. The lowest BCUT2D eigenvalue weighted by molar-refractivity contribution is 1.18. The van der Waals surface area contributed by atoms with Crippen molar-refractivity contribution in [3.8, 4) is 27.9 Å². The van der Waals surface area contributed by atoms with Crippen molar-refractivity contribution in [1.29, 1.82) is 0 Å². The van der Waals surface area contributed by atoms with Crippen LogP contribution in [0.3, 0.4) is 0 Å². The predicted molar refractivity (Wildman–Crippen MR) is 186 cm³/mol.